The molecule has 0 spiro atoms. The average Bonchev–Trinajstić information content (AvgIpc) is 2.17. The third kappa shape index (κ3) is 4.03. The molecule has 0 aromatic heterocycles. The first-order chi connectivity index (χ1) is 6.55. The number of hydrogen-bond acceptors (Lipinski definition) is 3. The molecule has 0 saturated carbocycles. The number of hydrogen-bond donors (Lipinski definition) is 1. The Bertz CT molecular complexity index is 171. The molecule has 1 aliphatic heterocycles. The van der Waals surface area contributed by atoms with E-state index >= 15 is 0 Å². The largest absolute Gasteiger partial charge is 0.312 e. The molecule has 3 heteroatoms. The molecular formula is C11H23NS2. The summed E-state index contributed by atoms with van der Waals surface area (Å²) in [6.07, 6.45) is 4.94. The van der Waals surface area contributed by atoms with Crippen LogP contribution in [0.1, 0.15) is 33.6 Å². The van der Waals surface area contributed by atoms with Crippen molar-refractivity contribution in [1.29, 1.82) is 0 Å². The molecule has 2 atom stereocenters. The molecule has 0 radical (unpaired) electrons. The van der Waals surface area contributed by atoms with E-state index in [1.807, 2.05) is 11.8 Å². The van der Waals surface area contributed by atoms with Gasteiger partial charge in [-0.1, -0.05) is 6.92 Å². The Morgan fingerprint density at radius 1 is 1.50 bits per heavy atom. The fraction of sp³-hybridized carbons (Fsp3) is 1.00. The van der Waals surface area contributed by atoms with Gasteiger partial charge in [0, 0.05) is 22.6 Å². The summed E-state index contributed by atoms with van der Waals surface area (Å²) < 4.78 is 0.377. The van der Waals surface area contributed by atoms with E-state index in [4.69, 9.17) is 0 Å². The molecule has 0 aromatic rings. The Balaban J connectivity index is 2.29. The van der Waals surface area contributed by atoms with Gasteiger partial charge in [-0.25, -0.2) is 0 Å². The summed E-state index contributed by atoms with van der Waals surface area (Å²) >= 11 is 4.06. The molecule has 0 bridgehead atoms. The van der Waals surface area contributed by atoms with Crippen molar-refractivity contribution in [2.24, 2.45) is 0 Å². The smallest absolute Gasteiger partial charge is 0.0225 e. The van der Waals surface area contributed by atoms with Crippen molar-refractivity contribution in [2.75, 3.05) is 18.6 Å². The molecule has 1 heterocycles. The van der Waals surface area contributed by atoms with Crippen molar-refractivity contribution < 1.29 is 0 Å². The lowest BCUT2D eigenvalue weighted by molar-refractivity contribution is 0.442. The van der Waals surface area contributed by atoms with Crippen LogP contribution in [-0.2, 0) is 0 Å². The minimum Gasteiger partial charge on any atom is -0.312 e. The molecule has 1 nitrogen and oxygen atoms in total. The van der Waals surface area contributed by atoms with Crippen LogP contribution in [0.25, 0.3) is 0 Å². The lowest BCUT2D eigenvalue weighted by Gasteiger charge is -2.32. The van der Waals surface area contributed by atoms with Gasteiger partial charge in [-0.05, 0) is 38.7 Å². The van der Waals surface area contributed by atoms with Gasteiger partial charge in [-0.2, -0.15) is 23.5 Å². The molecule has 0 aromatic carbocycles. The Kier molecular flexibility index (Phi) is 5.15. The van der Waals surface area contributed by atoms with E-state index in [0.29, 0.717) is 4.75 Å². The van der Waals surface area contributed by atoms with Crippen molar-refractivity contribution >= 4 is 23.5 Å². The van der Waals surface area contributed by atoms with Gasteiger partial charge in [-0.3, -0.25) is 0 Å². The quantitative estimate of drug-likeness (QED) is 0.802. The highest BCUT2D eigenvalue weighted by molar-refractivity contribution is 8.00. The first-order valence-electron chi connectivity index (χ1n) is 5.45. The van der Waals surface area contributed by atoms with Gasteiger partial charge in [0.05, 0.1) is 0 Å². The maximum atomic E-state index is 3.72. The molecule has 1 rings (SSSR count). The van der Waals surface area contributed by atoms with Crippen molar-refractivity contribution in [3.63, 3.8) is 0 Å². The zero-order valence-electron chi connectivity index (χ0n) is 9.80. The normalized spacial score (nSPS) is 29.1. The number of nitrogens with one attached hydrogen (secondary N) is 1. The van der Waals surface area contributed by atoms with E-state index in [0.717, 1.165) is 17.8 Å². The molecule has 0 amide bonds. The summed E-state index contributed by atoms with van der Waals surface area (Å²) in [7, 11) is 0. The summed E-state index contributed by atoms with van der Waals surface area (Å²) in [5.74, 6) is 1.35. The van der Waals surface area contributed by atoms with Crippen molar-refractivity contribution in [1.82, 2.24) is 5.32 Å². The van der Waals surface area contributed by atoms with Crippen LogP contribution in [0.4, 0.5) is 0 Å². The van der Waals surface area contributed by atoms with Crippen LogP contribution in [0.3, 0.4) is 0 Å². The highest BCUT2D eigenvalue weighted by atomic mass is 32.2. The third-order valence-electron chi connectivity index (χ3n) is 2.95. The molecule has 2 unspecified atom stereocenters. The monoisotopic (exact) mass is 233 g/mol. The van der Waals surface area contributed by atoms with E-state index in [2.05, 4.69) is 44.1 Å². The number of rotatable bonds is 4. The van der Waals surface area contributed by atoms with Crippen LogP contribution in [0.15, 0.2) is 0 Å². The molecule has 1 N–H and O–H groups in total. The van der Waals surface area contributed by atoms with Crippen LogP contribution in [0.5, 0.6) is 0 Å². The topological polar surface area (TPSA) is 12.0 Å². The van der Waals surface area contributed by atoms with E-state index in [1.165, 1.54) is 18.6 Å². The summed E-state index contributed by atoms with van der Waals surface area (Å²) in [6.45, 7) is 8.11. The van der Waals surface area contributed by atoms with Gasteiger partial charge in [-0.15, -0.1) is 0 Å². The standard InChI is InChI=1S/C11H23NS2/c1-9-10(6-5-7-14-9)12-8-11(2,3)13-4/h9-10,12H,5-8H2,1-4H3. The van der Waals surface area contributed by atoms with Crippen LogP contribution in [0, 0.1) is 0 Å². The summed E-state index contributed by atoms with van der Waals surface area (Å²) in [4.78, 5) is 0. The summed E-state index contributed by atoms with van der Waals surface area (Å²) in [5, 5.41) is 4.51. The highest BCUT2D eigenvalue weighted by Gasteiger charge is 2.24. The lowest BCUT2D eigenvalue weighted by Crippen LogP contribution is -2.44. The molecule has 0 aliphatic carbocycles. The van der Waals surface area contributed by atoms with Gasteiger partial charge in [0.2, 0.25) is 0 Å². The van der Waals surface area contributed by atoms with Gasteiger partial charge in [0.1, 0.15) is 0 Å². The van der Waals surface area contributed by atoms with Crippen molar-refractivity contribution in [3.8, 4) is 0 Å². The zero-order chi connectivity index (χ0) is 10.6. The third-order valence-corrected chi connectivity index (χ3v) is 5.58. The van der Waals surface area contributed by atoms with Gasteiger partial charge in [0.25, 0.3) is 0 Å². The van der Waals surface area contributed by atoms with Crippen molar-refractivity contribution in [3.05, 3.63) is 0 Å². The second kappa shape index (κ2) is 5.66. The minimum absolute atomic E-state index is 0.377. The zero-order valence-corrected chi connectivity index (χ0v) is 11.4. The van der Waals surface area contributed by atoms with Crippen LogP contribution < -0.4 is 5.32 Å². The van der Waals surface area contributed by atoms with E-state index in [1.54, 1.807) is 0 Å². The Morgan fingerprint density at radius 2 is 2.21 bits per heavy atom. The maximum absolute atomic E-state index is 3.72. The first kappa shape index (κ1) is 12.7. The lowest BCUT2D eigenvalue weighted by atomic mass is 10.1. The van der Waals surface area contributed by atoms with Crippen LogP contribution in [0.2, 0.25) is 0 Å². The molecule has 1 fully saturated rings. The van der Waals surface area contributed by atoms with Gasteiger partial charge >= 0.3 is 0 Å². The minimum atomic E-state index is 0.377. The average molecular weight is 233 g/mol. The maximum Gasteiger partial charge on any atom is 0.0225 e. The second-order valence-corrected chi connectivity index (χ2v) is 7.67. The van der Waals surface area contributed by atoms with Gasteiger partial charge in [0.15, 0.2) is 0 Å². The summed E-state index contributed by atoms with van der Waals surface area (Å²) in [6, 6.07) is 0.736. The molecule has 1 aliphatic rings. The predicted molar refractivity (Wildman–Crippen MR) is 70.5 cm³/mol. The first-order valence-corrected chi connectivity index (χ1v) is 7.72. The SMILES string of the molecule is CSC(C)(C)CNC1CCCSC1C. The highest BCUT2D eigenvalue weighted by Crippen LogP contribution is 2.26. The van der Waals surface area contributed by atoms with E-state index < -0.39 is 0 Å². The van der Waals surface area contributed by atoms with E-state index in [-0.39, 0.29) is 0 Å². The fourth-order valence-corrected chi connectivity index (χ4v) is 3.04. The Morgan fingerprint density at radius 3 is 2.79 bits per heavy atom. The fourth-order valence-electron chi connectivity index (χ4n) is 1.64. The van der Waals surface area contributed by atoms with Gasteiger partial charge < -0.3 is 5.32 Å². The Hall–Kier alpha value is 0.660. The number of thioether (sulfide) groups is 2. The van der Waals surface area contributed by atoms with E-state index in [9.17, 15) is 0 Å². The molecule has 14 heavy (non-hydrogen) atoms. The molecule has 84 valence electrons. The van der Waals surface area contributed by atoms with Crippen molar-refractivity contribution in [2.45, 2.75) is 49.7 Å². The predicted octanol–water partition coefficient (Wildman–Crippen LogP) is 3.00. The summed E-state index contributed by atoms with van der Waals surface area (Å²) in [5.41, 5.74) is 0. The van der Waals surface area contributed by atoms with Crippen LogP contribution >= 0.6 is 23.5 Å². The molecule has 1 saturated heterocycles. The molecular weight excluding hydrogens is 210 g/mol. The second-order valence-electron chi connectivity index (χ2n) is 4.67. The Labute approximate surface area is 97.2 Å². The van der Waals surface area contributed by atoms with Crippen LogP contribution in [-0.4, -0.2) is 34.6 Å².